The summed E-state index contributed by atoms with van der Waals surface area (Å²) in [6.07, 6.45) is 1.63. The predicted octanol–water partition coefficient (Wildman–Crippen LogP) is 2.01. The Morgan fingerprint density at radius 1 is 1.36 bits per heavy atom. The van der Waals surface area contributed by atoms with E-state index >= 15 is 0 Å². The SMILES string of the molecule is COCc1nnc2n1[C@@H](C)CN(c1ncnc3sccc13)C2. The molecule has 22 heavy (non-hydrogen) atoms. The van der Waals surface area contributed by atoms with E-state index in [4.69, 9.17) is 4.74 Å². The van der Waals surface area contributed by atoms with Crippen molar-refractivity contribution in [2.24, 2.45) is 0 Å². The molecule has 7 nitrogen and oxygen atoms in total. The van der Waals surface area contributed by atoms with Gasteiger partial charge in [0.2, 0.25) is 0 Å². The Morgan fingerprint density at radius 2 is 2.27 bits per heavy atom. The van der Waals surface area contributed by atoms with Crippen LogP contribution in [0.15, 0.2) is 17.8 Å². The zero-order chi connectivity index (χ0) is 15.1. The van der Waals surface area contributed by atoms with Crippen LogP contribution in [0, 0.1) is 0 Å². The van der Waals surface area contributed by atoms with E-state index in [0.717, 1.165) is 34.2 Å². The molecule has 8 heteroatoms. The van der Waals surface area contributed by atoms with E-state index in [1.54, 1.807) is 24.8 Å². The maximum Gasteiger partial charge on any atom is 0.159 e. The molecule has 0 amide bonds. The molecular formula is C14H16N6OS. The zero-order valence-electron chi connectivity index (χ0n) is 12.4. The van der Waals surface area contributed by atoms with Crippen molar-refractivity contribution in [3.05, 3.63) is 29.4 Å². The summed E-state index contributed by atoms with van der Waals surface area (Å²) in [5, 5.41) is 11.7. The van der Waals surface area contributed by atoms with Crippen molar-refractivity contribution >= 4 is 27.4 Å². The minimum atomic E-state index is 0.271. The molecule has 4 heterocycles. The highest BCUT2D eigenvalue weighted by Gasteiger charge is 2.28. The van der Waals surface area contributed by atoms with E-state index in [1.807, 2.05) is 0 Å². The van der Waals surface area contributed by atoms with Crippen LogP contribution < -0.4 is 4.90 Å². The van der Waals surface area contributed by atoms with Crippen LogP contribution >= 0.6 is 11.3 Å². The van der Waals surface area contributed by atoms with Crippen molar-refractivity contribution in [1.29, 1.82) is 0 Å². The summed E-state index contributed by atoms with van der Waals surface area (Å²) < 4.78 is 7.38. The average molecular weight is 316 g/mol. The molecule has 1 aliphatic heterocycles. The molecule has 0 N–H and O–H groups in total. The molecule has 114 valence electrons. The molecule has 3 aromatic rings. The fraction of sp³-hybridized carbons (Fsp3) is 0.429. The van der Waals surface area contributed by atoms with Gasteiger partial charge in [0.15, 0.2) is 11.6 Å². The molecule has 0 unspecified atom stereocenters. The van der Waals surface area contributed by atoms with Crippen LogP contribution in [0.25, 0.3) is 10.2 Å². The van der Waals surface area contributed by atoms with Crippen molar-refractivity contribution in [3.63, 3.8) is 0 Å². The summed E-state index contributed by atoms with van der Waals surface area (Å²) in [4.78, 5) is 12.1. The first-order chi connectivity index (χ1) is 10.8. The number of fused-ring (bicyclic) bond motifs is 2. The van der Waals surface area contributed by atoms with Gasteiger partial charge in [-0.05, 0) is 18.4 Å². The van der Waals surface area contributed by atoms with Crippen LogP contribution in [-0.4, -0.2) is 38.4 Å². The molecule has 0 saturated carbocycles. The maximum absolute atomic E-state index is 5.20. The van der Waals surface area contributed by atoms with Gasteiger partial charge < -0.3 is 14.2 Å². The van der Waals surface area contributed by atoms with Crippen molar-refractivity contribution < 1.29 is 4.74 Å². The van der Waals surface area contributed by atoms with Gasteiger partial charge in [0.25, 0.3) is 0 Å². The number of nitrogens with zero attached hydrogens (tertiary/aromatic N) is 6. The van der Waals surface area contributed by atoms with Gasteiger partial charge >= 0.3 is 0 Å². The zero-order valence-corrected chi connectivity index (χ0v) is 13.2. The molecule has 0 saturated heterocycles. The number of anilines is 1. The highest BCUT2D eigenvalue weighted by Crippen LogP contribution is 2.31. The fourth-order valence-corrected chi connectivity index (χ4v) is 3.76. The Kier molecular flexibility index (Phi) is 3.27. The molecule has 0 fully saturated rings. The smallest absolute Gasteiger partial charge is 0.159 e. The molecule has 0 aliphatic carbocycles. The van der Waals surface area contributed by atoms with Crippen molar-refractivity contribution in [2.45, 2.75) is 26.1 Å². The van der Waals surface area contributed by atoms with E-state index in [1.165, 1.54) is 0 Å². The minimum absolute atomic E-state index is 0.271. The van der Waals surface area contributed by atoms with Crippen molar-refractivity contribution in [1.82, 2.24) is 24.7 Å². The van der Waals surface area contributed by atoms with Gasteiger partial charge in [-0.1, -0.05) is 0 Å². The van der Waals surface area contributed by atoms with Gasteiger partial charge in [-0.3, -0.25) is 0 Å². The molecule has 0 spiro atoms. The van der Waals surface area contributed by atoms with Crippen LogP contribution in [0.5, 0.6) is 0 Å². The van der Waals surface area contributed by atoms with Crippen LogP contribution in [0.3, 0.4) is 0 Å². The number of thiophene rings is 1. The second-order valence-corrected chi connectivity index (χ2v) is 6.30. The quantitative estimate of drug-likeness (QED) is 0.736. The lowest BCUT2D eigenvalue weighted by Gasteiger charge is -2.33. The van der Waals surface area contributed by atoms with Crippen LogP contribution in [0.1, 0.15) is 24.6 Å². The topological polar surface area (TPSA) is 69.0 Å². The molecule has 1 atom stereocenters. The number of hydrogen-bond acceptors (Lipinski definition) is 7. The summed E-state index contributed by atoms with van der Waals surface area (Å²) in [5.74, 6) is 2.81. The first-order valence-corrected chi connectivity index (χ1v) is 8.00. The summed E-state index contributed by atoms with van der Waals surface area (Å²) >= 11 is 1.64. The summed E-state index contributed by atoms with van der Waals surface area (Å²) in [6, 6.07) is 2.35. The Balaban J connectivity index is 1.72. The second kappa shape index (κ2) is 5.29. The van der Waals surface area contributed by atoms with Crippen molar-refractivity contribution in [2.75, 3.05) is 18.6 Å². The lowest BCUT2D eigenvalue weighted by molar-refractivity contribution is 0.171. The number of rotatable bonds is 3. The normalized spacial score (nSPS) is 17.9. The van der Waals surface area contributed by atoms with Gasteiger partial charge in [-0.15, -0.1) is 21.5 Å². The lowest BCUT2D eigenvalue weighted by Crippen LogP contribution is -2.37. The van der Waals surface area contributed by atoms with E-state index in [9.17, 15) is 0 Å². The summed E-state index contributed by atoms with van der Waals surface area (Å²) in [7, 11) is 1.68. The van der Waals surface area contributed by atoms with Gasteiger partial charge in [0, 0.05) is 13.7 Å². The first-order valence-electron chi connectivity index (χ1n) is 7.12. The monoisotopic (exact) mass is 316 g/mol. The molecular weight excluding hydrogens is 300 g/mol. The Bertz CT molecular complexity index is 813. The largest absolute Gasteiger partial charge is 0.377 e. The fourth-order valence-electron chi connectivity index (χ4n) is 3.03. The number of ether oxygens (including phenoxy) is 1. The predicted molar refractivity (Wildman–Crippen MR) is 83.9 cm³/mol. The molecule has 0 bridgehead atoms. The maximum atomic E-state index is 5.20. The molecule has 4 rings (SSSR count). The molecule has 3 aromatic heterocycles. The van der Waals surface area contributed by atoms with E-state index in [-0.39, 0.29) is 6.04 Å². The number of hydrogen-bond donors (Lipinski definition) is 0. The minimum Gasteiger partial charge on any atom is -0.377 e. The van der Waals surface area contributed by atoms with E-state index in [2.05, 4.69) is 48.0 Å². The number of aromatic nitrogens is 5. The van der Waals surface area contributed by atoms with Crippen LogP contribution in [-0.2, 0) is 17.9 Å². The van der Waals surface area contributed by atoms with Gasteiger partial charge in [-0.25, -0.2) is 9.97 Å². The van der Waals surface area contributed by atoms with Crippen molar-refractivity contribution in [3.8, 4) is 0 Å². The molecule has 1 aliphatic rings. The molecule has 0 aromatic carbocycles. The van der Waals surface area contributed by atoms with Crippen LogP contribution in [0.4, 0.5) is 5.82 Å². The third-order valence-corrected chi connectivity index (χ3v) is 4.73. The van der Waals surface area contributed by atoms with Gasteiger partial charge in [0.1, 0.15) is 23.6 Å². The summed E-state index contributed by atoms with van der Waals surface area (Å²) in [5.41, 5.74) is 0. The standard InChI is InChI=1S/C14H16N6OS/c1-9-5-19(6-11-17-18-12(7-21-2)20(9)11)13-10-3-4-22-14(10)16-8-15-13/h3-4,8-9H,5-7H2,1-2H3/t9-/m0/s1. The van der Waals surface area contributed by atoms with Gasteiger partial charge in [0.05, 0.1) is 18.0 Å². The Morgan fingerprint density at radius 3 is 3.14 bits per heavy atom. The van der Waals surface area contributed by atoms with Crippen LogP contribution in [0.2, 0.25) is 0 Å². The first kappa shape index (κ1) is 13.6. The highest BCUT2D eigenvalue weighted by atomic mass is 32.1. The third kappa shape index (κ3) is 2.06. The Hall–Kier alpha value is -2.06. The summed E-state index contributed by atoms with van der Waals surface area (Å²) in [6.45, 7) is 4.22. The Labute approximate surface area is 131 Å². The van der Waals surface area contributed by atoms with E-state index in [0.29, 0.717) is 13.2 Å². The van der Waals surface area contributed by atoms with Gasteiger partial charge in [-0.2, -0.15) is 0 Å². The van der Waals surface area contributed by atoms with E-state index < -0.39 is 0 Å². The highest BCUT2D eigenvalue weighted by molar-refractivity contribution is 7.16. The lowest BCUT2D eigenvalue weighted by atomic mass is 10.2. The third-order valence-electron chi connectivity index (χ3n) is 3.91. The second-order valence-electron chi connectivity index (χ2n) is 5.40. The average Bonchev–Trinajstić information content (AvgIpc) is 3.14. The number of methoxy groups -OCH3 is 1. The molecule has 0 radical (unpaired) electrons.